The number of aliphatic hydroxyl groups is 1. The largest absolute Gasteiger partial charge is 0.444 e. The molecule has 1 saturated carbocycles. The average Bonchev–Trinajstić information content (AvgIpc) is 2.88. The van der Waals surface area contributed by atoms with Crippen molar-refractivity contribution in [2.45, 2.75) is 95.4 Å². The molecular formula is C31H45N3O6S. The maximum atomic E-state index is 12.4. The van der Waals surface area contributed by atoms with Crippen molar-refractivity contribution in [3.05, 3.63) is 65.2 Å². The van der Waals surface area contributed by atoms with Gasteiger partial charge in [-0.25, -0.2) is 4.79 Å². The second-order valence-electron chi connectivity index (χ2n) is 11.9. The lowest BCUT2D eigenvalue weighted by Gasteiger charge is -2.32. The molecule has 3 rings (SSSR count). The molecule has 1 aliphatic carbocycles. The van der Waals surface area contributed by atoms with Crippen molar-refractivity contribution in [1.29, 1.82) is 5.26 Å². The van der Waals surface area contributed by atoms with Crippen molar-refractivity contribution in [1.82, 2.24) is 10.2 Å². The monoisotopic (exact) mass is 587 g/mol. The third-order valence-electron chi connectivity index (χ3n) is 6.83. The summed E-state index contributed by atoms with van der Waals surface area (Å²) in [4.78, 5) is 14.3. The summed E-state index contributed by atoms with van der Waals surface area (Å²) in [6.07, 6.45) is 5.62. The summed E-state index contributed by atoms with van der Waals surface area (Å²) in [6.45, 7) is 8.45. The van der Waals surface area contributed by atoms with Crippen LogP contribution in [0.25, 0.3) is 0 Å². The lowest BCUT2D eigenvalue weighted by atomic mass is 9.83. The number of hydrogen-bond donors (Lipinski definition) is 3. The molecule has 0 unspecified atom stereocenters. The molecule has 0 saturated heterocycles. The van der Waals surface area contributed by atoms with Crippen molar-refractivity contribution in [2.75, 3.05) is 13.6 Å². The summed E-state index contributed by atoms with van der Waals surface area (Å²) < 4.78 is 35.0. The van der Waals surface area contributed by atoms with E-state index >= 15 is 0 Å². The highest BCUT2D eigenvalue weighted by Crippen LogP contribution is 2.28. The highest BCUT2D eigenvalue weighted by Gasteiger charge is 2.28. The Bertz CT molecular complexity index is 1230. The quantitative estimate of drug-likeness (QED) is 0.329. The van der Waals surface area contributed by atoms with Gasteiger partial charge in [0.05, 0.1) is 28.7 Å². The van der Waals surface area contributed by atoms with Gasteiger partial charge >= 0.3 is 6.09 Å². The van der Waals surface area contributed by atoms with E-state index in [1.165, 1.54) is 31.4 Å². The Kier molecular flexibility index (Phi) is 13.3. The Morgan fingerprint density at radius 2 is 1.68 bits per heavy atom. The molecule has 10 heteroatoms. The Morgan fingerprint density at radius 1 is 1.10 bits per heavy atom. The first-order valence-corrected chi connectivity index (χ1v) is 15.5. The van der Waals surface area contributed by atoms with E-state index in [0.717, 1.165) is 30.4 Å². The van der Waals surface area contributed by atoms with Gasteiger partial charge in [0.2, 0.25) is 0 Å². The van der Waals surface area contributed by atoms with E-state index < -0.39 is 27.9 Å². The number of benzene rings is 2. The number of aliphatic hydroxyl groups excluding tert-OH is 1. The molecule has 2 aromatic carbocycles. The molecule has 226 valence electrons. The lowest BCUT2D eigenvalue weighted by Crippen LogP contribution is -2.49. The van der Waals surface area contributed by atoms with E-state index in [1.54, 1.807) is 24.3 Å². The van der Waals surface area contributed by atoms with E-state index in [2.05, 4.69) is 11.4 Å². The van der Waals surface area contributed by atoms with Gasteiger partial charge in [0.15, 0.2) is 0 Å². The minimum Gasteiger partial charge on any atom is -0.444 e. The number of aryl methyl sites for hydroxylation is 1. The number of likely N-dealkylation sites (N-methyl/N-ethyl adjacent to an activating group) is 1. The van der Waals surface area contributed by atoms with Gasteiger partial charge in [-0.2, -0.15) is 13.7 Å². The average molecular weight is 588 g/mol. The standard InChI is InChI=1S/C24H37N3O3.C7H8O3S/c1-24(2,3)30-23(29)26-21(14-18-8-6-5-7-9-18)22(28)17-27(4)16-20-12-10-19(15-25)11-13-20;1-6-2-4-7(5-3-6)11(8,9)10/h10-13,18,21-22,28H,5-9,14,16-17H2,1-4H3,(H,26,29);2-5H,1H3,(H,8,9,10)/t21-,22+;/m0./s1. The van der Waals surface area contributed by atoms with Crippen LogP contribution in [0.3, 0.4) is 0 Å². The third-order valence-corrected chi connectivity index (χ3v) is 7.70. The zero-order valence-electron chi connectivity index (χ0n) is 24.8. The van der Waals surface area contributed by atoms with Crippen LogP contribution in [0.2, 0.25) is 0 Å². The molecule has 0 radical (unpaired) electrons. The van der Waals surface area contributed by atoms with Gasteiger partial charge in [-0.1, -0.05) is 61.9 Å². The number of nitrogens with zero attached hydrogens (tertiary/aromatic N) is 2. The van der Waals surface area contributed by atoms with E-state index in [9.17, 15) is 18.3 Å². The number of carbonyl (C=O) groups is 1. The number of alkyl carbamates (subject to hydrolysis) is 1. The first-order valence-electron chi connectivity index (χ1n) is 14.1. The Morgan fingerprint density at radius 3 is 2.20 bits per heavy atom. The topological polar surface area (TPSA) is 140 Å². The maximum absolute atomic E-state index is 12.4. The SMILES string of the molecule is CN(Cc1ccc(C#N)cc1)C[C@@H](O)[C@H](CC1CCCCC1)NC(=O)OC(C)(C)C.Cc1ccc(S(=O)(=O)O)cc1. The second-order valence-corrected chi connectivity index (χ2v) is 13.3. The number of carbonyl (C=O) groups excluding carboxylic acids is 1. The summed E-state index contributed by atoms with van der Waals surface area (Å²) in [5, 5.41) is 22.8. The molecule has 0 bridgehead atoms. The molecule has 2 aromatic rings. The van der Waals surface area contributed by atoms with Gasteiger partial charge in [-0.05, 0) is 76.9 Å². The minimum atomic E-state index is -4.02. The van der Waals surface area contributed by atoms with Gasteiger partial charge < -0.3 is 15.2 Å². The van der Waals surface area contributed by atoms with Gasteiger partial charge in [-0.3, -0.25) is 9.45 Å². The van der Waals surface area contributed by atoms with E-state index in [1.807, 2.05) is 51.8 Å². The van der Waals surface area contributed by atoms with Gasteiger partial charge in [0.1, 0.15) is 5.60 Å². The highest BCUT2D eigenvalue weighted by atomic mass is 32.2. The molecule has 2 atom stereocenters. The zero-order chi connectivity index (χ0) is 30.6. The normalized spacial score (nSPS) is 15.7. The van der Waals surface area contributed by atoms with Crippen LogP contribution in [0.5, 0.6) is 0 Å². The number of amides is 1. The smallest absolute Gasteiger partial charge is 0.407 e. The van der Waals surface area contributed by atoms with Gasteiger partial charge in [0.25, 0.3) is 10.1 Å². The molecular weight excluding hydrogens is 542 g/mol. The molecule has 9 nitrogen and oxygen atoms in total. The Balaban J connectivity index is 0.000000446. The van der Waals surface area contributed by atoms with Crippen LogP contribution in [0.15, 0.2) is 53.4 Å². The fraction of sp³-hybridized carbons (Fsp3) is 0.548. The van der Waals surface area contributed by atoms with E-state index in [4.69, 9.17) is 14.6 Å². The van der Waals surface area contributed by atoms with Crippen LogP contribution in [0.4, 0.5) is 4.79 Å². The van der Waals surface area contributed by atoms with Crippen molar-refractivity contribution < 1.29 is 27.6 Å². The first kappa shape index (κ1) is 34.2. The van der Waals surface area contributed by atoms with Crippen LogP contribution >= 0.6 is 0 Å². The molecule has 0 aromatic heterocycles. The summed E-state index contributed by atoms with van der Waals surface area (Å²) in [5.41, 5.74) is 2.09. The number of nitriles is 1. The summed E-state index contributed by atoms with van der Waals surface area (Å²) in [7, 11) is -2.07. The van der Waals surface area contributed by atoms with E-state index in [0.29, 0.717) is 24.6 Å². The number of ether oxygens (including phenoxy) is 1. The summed E-state index contributed by atoms with van der Waals surface area (Å²) in [6, 6.07) is 15.2. The lowest BCUT2D eigenvalue weighted by molar-refractivity contribution is 0.0334. The predicted octanol–water partition coefficient (Wildman–Crippen LogP) is 5.46. The van der Waals surface area contributed by atoms with Crippen molar-refractivity contribution in [3.8, 4) is 6.07 Å². The van der Waals surface area contributed by atoms with Crippen molar-refractivity contribution in [2.24, 2.45) is 5.92 Å². The first-order chi connectivity index (χ1) is 19.2. The molecule has 0 heterocycles. The molecule has 0 spiro atoms. The number of hydrogen-bond acceptors (Lipinski definition) is 7. The summed E-state index contributed by atoms with van der Waals surface area (Å²) in [5.74, 6) is 0.525. The van der Waals surface area contributed by atoms with Crippen LogP contribution in [-0.2, 0) is 21.4 Å². The van der Waals surface area contributed by atoms with Gasteiger partial charge in [0, 0.05) is 13.1 Å². The van der Waals surface area contributed by atoms with Crippen LogP contribution < -0.4 is 5.32 Å². The fourth-order valence-electron chi connectivity index (χ4n) is 4.77. The Hall–Kier alpha value is -2.97. The number of rotatable bonds is 9. The maximum Gasteiger partial charge on any atom is 0.407 e. The molecule has 1 aliphatic rings. The predicted molar refractivity (Wildman–Crippen MR) is 159 cm³/mol. The van der Waals surface area contributed by atoms with Crippen LogP contribution in [0, 0.1) is 24.2 Å². The van der Waals surface area contributed by atoms with Crippen molar-refractivity contribution >= 4 is 16.2 Å². The molecule has 3 N–H and O–H groups in total. The van der Waals surface area contributed by atoms with Crippen LogP contribution in [0.1, 0.15) is 76.0 Å². The van der Waals surface area contributed by atoms with Crippen LogP contribution in [-0.4, -0.2) is 60.4 Å². The second kappa shape index (κ2) is 15.9. The van der Waals surface area contributed by atoms with E-state index in [-0.39, 0.29) is 10.9 Å². The fourth-order valence-corrected chi connectivity index (χ4v) is 5.25. The zero-order valence-corrected chi connectivity index (χ0v) is 25.7. The van der Waals surface area contributed by atoms with Crippen molar-refractivity contribution in [3.63, 3.8) is 0 Å². The molecule has 1 amide bonds. The Labute approximate surface area is 245 Å². The van der Waals surface area contributed by atoms with Gasteiger partial charge in [-0.15, -0.1) is 0 Å². The highest BCUT2D eigenvalue weighted by molar-refractivity contribution is 7.85. The molecule has 41 heavy (non-hydrogen) atoms. The molecule has 0 aliphatic heterocycles. The third kappa shape index (κ3) is 13.5. The number of nitrogens with one attached hydrogen (secondary N) is 1. The molecule has 1 fully saturated rings. The summed E-state index contributed by atoms with van der Waals surface area (Å²) >= 11 is 0. The minimum absolute atomic E-state index is 0.0666.